The first-order chi connectivity index (χ1) is 13.9. The molecule has 150 valence electrons. The molecule has 29 heavy (non-hydrogen) atoms. The molecular weight excluding hydrogens is 376 g/mol. The van der Waals surface area contributed by atoms with E-state index in [1.165, 1.54) is 12.1 Å². The van der Waals surface area contributed by atoms with Gasteiger partial charge in [-0.2, -0.15) is 0 Å². The van der Waals surface area contributed by atoms with E-state index in [-0.39, 0.29) is 29.2 Å². The fourth-order valence-corrected chi connectivity index (χ4v) is 3.84. The molecule has 0 spiro atoms. The molecule has 2 aromatic carbocycles. The molecule has 1 aliphatic carbocycles. The van der Waals surface area contributed by atoms with Crippen LogP contribution in [0.5, 0.6) is 0 Å². The predicted octanol–water partition coefficient (Wildman–Crippen LogP) is 4.00. The minimum Gasteiger partial charge on any atom is -0.463 e. The van der Waals surface area contributed by atoms with Crippen LogP contribution in [-0.2, 0) is 9.53 Å². The Kier molecular flexibility index (Phi) is 6.01. The van der Waals surface area contributed by atoms with Crippen LogP contribution in [0.3, 0.4) is 0 Å². The van der Waals surface area contributed by atoms with Gasteiger partial charge in [0.1, 0.15) is 0 Å². The highest BCUT2D eigenvalue weighted by molar-refractivity contribution is 5.90. The van der Waals surface area contributed by atoms with Crippen molar-refractivity contribution in [2.24, 2.45) is 0 Å². The largest absolute Gasteiger partial charge is 0.463 e. The number of nitro groups is 2. The van der Waals surface area contributed by atoms with E-state index in [0.29, 0.717) is 11.1 Å². The van der Waals surface area contributed by atoms with Crippen LogP contribution in [-0.4, -0.2) is 28.5 Å². The SMILES string of the molecule is CCOC(=O)C1=CC[C@@H](c2ccc([N+](=O)[O-])cc2)[C@@H]([N+](=O)[O-])[C@@H]1c1ccccc1. The van der Waals surface area contributed by atoms with Gasteiger partial charge in [-0.25, -0.2) is 4.79 Å². The highest BCUT2D eigenvalue weighted by Gasteiger charge is 2.47. The molecule has 1 aliphatic rings. The minimum atomic E-state index is -1.11. The zero-order chi connectivity index (χ0) is 21.0. The summed E-state index contributed by atoms with van der Waals surface area (Å²) in [5.74, 6) is -1.87. The van der Waals surface area contributed by atoms with Gasteiger partial charge in [-0.15, -0.1) is 0 Å². The number of nitro benzene ring substituents is 1. The molecule has 3 atom stereocenters. The Bertz CT molecular complexity index is 939. The monoisotopic (exact) mass is 396 g/mol. The second-order valence-electron chi connectivity index (χ2n) is 6.74. The molecule has 0 amide bonds. The summed E-state index contributed by atoms with van der Waals surface area (Å²) in [6.07, 6.45) is 1.96. The van der Waals surface area contributed by atoms with Crippen molar-refractivity contribution in [3.05, 3.63) is 97.6 Å². The van der Waals surface area contributed by atoms with Crippen molar-refractivity contribution in [1.82, 2.24) is 0 Å². The smallest absolute Gasteiger partial charge is 0.334 e. The number of hydrogen-bond donors (Lipinski definition) is 0. The highest BCUT2D eigenvalue weighted by atomic mass is 16.6. The summed E-state index contributed by atoms with van der Waals surface area (Å²) in [4.78, 5) is 34.7. The molecule has 0 aromatic heterocycles. The summed E-state index contributed by atoms with van der Waals surface area (Å²) in [5.41, 5.74) is 1.47. The maximum absolute atomic E-state index is 12.5. The molecule has 8 heteroatoms. The second-order valence-corrected chi connectivity index (χ2v) is 6.74. The Morgan fingerprint density at radius 2 is 1.69 bits per heavy atom. The molecule has 0 radical (unpaired) electrons. The van der Waals surface area contributed by atoms with Crippen molar-refractivity contribution in [1.29, 1.82) is 0 Å². The number of benzene rings is 2. The van der Waals surface area contributed by atoms with E-state index in [1.54, 1.807) is 55.5 Å². The number of hydrogen-bond acceptors (Lipinski definition) is 6. The van der Waals surface area contributed by atoms with Gasteiger partial charge in [-0.1, -0.05) is 48.5 Å². The van der Waals surface area contributed by atoms with Gasteiger partial charge in [0, 0.05) is 22.6 Å². The average Bonchev–Trinajstić information content (AvgIpc) is 2.73. The molecule has 8 nitrogen and oxygen atoms in total. The van der Waals surface area contributed by atoms with Crippen LogP contribution in [0.4, 0.5) is 5.69 Å². The standard InChI is InChI=1S/C21H20N2O6/c1-2-29-21(24)18-13-12-17(14-8-10-16(11-9-14)22(25)26)20(23(27)28)19(18)15-6-4-3-5-7-15/h3-11,13,17,19-20H,2,12H2,1H3/t17-,19+,20+/m0/s1. The van der Waals surface area contributed by atoms with Gasteiger partial charge in [-0.05, 0) is 24.5 Å². The van der Waals surface area contributed by atoms with E-state index in [9.17, 15) is 25.0 Å². The number of nitrogens with zero attached hydrogens (tertiary/aromatic N) is 2. The van der Waals surface area contributed by atoms with Crippen LogP contribution in [0.1, 0.15) is 36.3 Å². The molecule has 0 saturated carbocycles. The van der Waals surface area contributed by atoms with E-state index in [4.69, 9.17) is 4.74 Å². The van der Waals surface area contributed by atoms with E-state index >= 15 is 0 Å². The van der Waals surface area contributed by atoms with Crippen LogP contribution in [0, 0.1) is 20.2 Å². The van der Waals surface area contributed by atoms with Crippen LogP contribution in [0.25, 0.3) is 0 Å². The fourth-order valence-electron chi connectivity index (χ4n) is 3.84. The molecule has 0 aliphatic heterocycles. The Morgan fingerprint density at radius 1 is 1.03 bits per heavy atom. The van der Waals surface area contributed by atoms with Gasteiger partial charge in [-0.3, -0.25) is 20.2 Å². The lowest BCUT2D eigenvalue weighted by molar-refractivity contribution is -0.530. The molecular formula is C21H20N2O6. The number of ether oxygens (including phenoxy) is 1. The van der Waals surface area contributed by atoms with Gasteiger partial charge < -0.3 is 4.74 Å². The average molecular weight is 396 g/mol. The number of carbonyl (C=O) groups excluding carboxylic acids is 1. The van der Waals surface area contributed by atoms with Gasteiger partial charge in [0.25, 0.3) is 5.69 Å². The Morgan fingerprint density at radius 3 is 2.24 bits per heavy atom. The third-order valence-corrected chi connectivity index (χ3v) is 5.13. The van der Waals surface area contributed by atoms with Crippen molar-refractivity contribution >= 4 is 11.7 Å². The normalized spacial score (nSPS) is 21.1. The quantitative estimate of drug-likeness (QED) is 0.414. The first kappa shape index (κ1) is 20.2. The zero-order valence-electron chi connectivity index (χ0n) is 15.8. The Labute approximate surface area is 167 Å². The molecule has 0 heterocycles. The summed E-state index contributed by atoms with van der Waals surface area (Å²) < 4.78 is 5.14. The lowest BCUT2D eigenvalue weighted by atomic mass is 9.71. The highest BCUT2D eigenvalue weighted by Crippen LogP contribution is 2.44. The summed E-state index contributed by atoms with van der Waals surface area (Å²) in [5, 5.41) is 23.1. The van der Waals surface area contributed by atoms with Crippen molar-refractivity contribution in [3.8, 4) is 0 Å². The number of non-ortho nitro benzene ring substituents is 1. The number of carbonyl (C=O) groups is 1. The molecule has 3 rings (SSSR count). The summed E-state index contributed by atoms with van der Waals surface area (Å²) in [7, 11) is 0. The maximum Gasteiger partial charge on any atom is 0.334 e. The number of allylic oxidation sites excluding steroid dienone is 1. The molecule has 0 N–H and O–H groups in total. The first-order valence-corrected chi connectivity index (χ1v) is 9.24. The van der Waals surface area contributed by atoms with E-state index < -0.39 is 28.8 Å². The van der Waals surface area contributed by atoms with E-state index in [2.05, 4.69) is 0 Å². The minimum absolute atomic E-state index is 0.0791. The third-order valence-electron chi connectivity index (χ3n) is 5.13. The number of esters is 1. The fraction of sp³-hybridized carbons (Fsp3) is 0.286. The number of rotatable bonds is 6. The molecule has 0 fully saturated rings. The first-order valence-electron chi connectivity index (χ1n) is 9.24. The second kappa shape index (κ2) is 8.64. The van der Waals surface area contributed by atoms with Gasteiger partial charge in [0.2, 0.25) is 6.04 Å². The van der Waals surface area contributed by atoms with Crippen molar-refractivity contribution in [2.45, 2.75) is 31.2 Å². The van der Waals surface area contributed by atoms with Crippen LogP contribution >= 0.6 is 0 Å². The molecule has 2 aromatic rings. The zero-order valence-corrected chi connectivity index (χ0v) is 15.8. The topological polar surface area (TPSA) is 113 Å². The van der Waals surface area contributed by atoms with Crippen LogP contribution in [0.2, 0.25) is 0 Å². The van der Waals surface area contributed by atoms with E-state index in [1.807, 2.05) is 0 Å². The molecule has 0 bridgehead atoms. The lowest BCUT2D eigenvalue weighted by Gasteiger charge is -2.32. The van der Waals surface area contributed by atoms with E-state index in [0.717, 1.165) is 0 Å². The van der Waals surface area contributed by atoms with Crippen molar-refractivity contribution in [3.63, 3.8) is 0 Å². The summed E-state index contributed by atoms with van der Waals surface area (Å²) in [6.45, 7) is 1.86. The van der Waals surface area contributed by atoms with Crippen molar-refractivity contribution < 1.29 is 19.4 Å². The van der Waals surface area contributed by atoms with Gasteiger partial charge in [0.15, 0.2) is 0 Å². The van der Waals surface area contributed by atoms with Crippen molar-refractivity contribution in [2.75, 3.05) is 6.61 Å². The Hall–Kier alpha value is -3.55. The van der Waals surface area contributed by atoms with Gasteiger partial charge in [0.05, 0.1) is 23.4 Å². The Balaban J connectivity index is 2.08. The van der Waals surface area contributed by atoms with Gasteiger partial charge >= 0.3 is 5.97 Å². The van der Waals surface area contributed by atoms with Crippen LogP contribution < -0.4 is 0 Å². The molecule has 0 unspecified atom stereocenters. The summed E-state index contributed by atoms with van der Waals surface area (Å²) in [6, 6.07) is 13.5. The third kappa shape index (κ3) is 4.16. The van der Waals surface area contributed by atoms with Crippen LogP contribution in [0.15, 0.2) is 66.2 Å². The lowest BCUT2D eigenvalue weighted by Crippen LogP contribution is -2.39. The summed E-state index contributed by atoms with van der Waals surface area (Å²) >= 11 is 0. The maximum atomic E-state index is 12.5. The molecule has 0 saturated heterocycles. The predicted molar refractivity (Wildman–Crippen MR) is 105 cm³/mol.